The molecule has 0 atom stereocenters. The van der Waals surface area contributed by atoms with E-state index < -0.39 is 5.97 Å². The molecule has 110 valence electrons. The quantitative estimate of drug-likeness (QED) is 0.657. The van der Waals surface area contributed by atoms with Crippen molar-refractivity contribution in [3.8, 4) is 5.75 Å². The Morgan fingerprint density at radius 1 is 1.40 bits per heavy atom. The summed E-state index contributed by atoms with van der Waals surface area (Å²) in [7, 11) is 0. The Labute approximate surface area is 117 Å². The van der Waals surface area contributed by atoms with Crippen LogP contribution in [0.5, 0.6) is 5.75 Å². The average Bonchev–Trinajstić information content (AvgIpc) is 2.37. The molecule has 0 bridgehead atoms. The first-order chi connectivity index (χ1) is 9.40. The number of anilines is 1. The summed E-state index contributed by atoms with van der Waals surface area (Å²) in [6, 6.07) is 4.28. The van der Waals surface area contributed by atoms with Crippen molar-refractivity contribution in [3.05, 3.63) is 23.8 Å². The first-order valence-corrected chi connectivity index (χ1v) is 6.42. The molecule has 6 heteroatoms. The van der Waals surface area contributed by atoms with Crippen molar-refractivity contribution >= 4 is 17.6 Å². The van der Waals surface area contributed by atoms with E-state index in [9.17, 15) is 9.59 Å². The minimum Gasteiger partial charge on any atom is -0.484 e. The number of rotatable bonds is 7. The molecule has 20 heavy (non-hydrogen) atoms. The predicted octanol–water partition coefficient (Wildman–Crippen LogP) is 1.51. The average molecular weight is 280 g/mol. The highest BCUT2D eigenvalue weighted by atomic mass is 16.5. The van der Waals surface area contributed by atoms with E-state index in [1.165, 1.54) is 18.2 Å². The molecule has 0 aromatic heterocycles. The molecule has 4 N–H and O–H groups in total. The van der Waals surface area contributed by atoms with Gasteiger partial charge in [-0.15, -0.1) is 0 Å². The number of carbonyl (C=O) groups excluding carboxylic acids is 1. The fraction of sp³-hybridized carbons (Fsp3) is 0.429. The lowest BCUT2D eigenvalue weighted by molar-refractivity contribution is -0.123. The number of carbonyl (C=O) groups is 2. The Morgan fingerprint density at radius 3 is 2.70 bits per heavy atom. The van der Waals surface area contributed by atoms with E-state index in [0.29, 0.717) is 18.2 Å². The summed E-state index contributed by atoms with van der Waals surface area (Å²) in [5, 5.41) is 11.6. The normalized spacial score (nSPS) is 10.3. The van der Waals surface area contributed by atoms with Crippen LogP contribution < -0.4 is 15.8 Å². The smallest absolute Gasteiger partial charge is 0.337 e. The molecule has 6 nitrogen and oxygen atoms in total. The summed E-state index contributed by atoms with van der Waals surface area (Å²) in [4.78, 5) is 22.4. The van der Waals surface area contributed by atoms with Gasteiger partial charge in [0, 0.05) is 12.2 Å². The first-order valence-electron chi connectivity index (χ1n) is 6.42. The van der Waals surface area contributed by atoms with Crippen molar-refractivity contribution in [2.45, 2.75) is 20.3 Å². The molecule has 0 spiro atoms. The monoisotopic (exact) mass is 280 g/mol. The van der Waals surface area contributed by atoms with Gasteiger partial charge in [-0.2, -0.15) is 0 Å². The van der Waals surface area contributed by atoms with Crippen molar-refractivity contribution in [1.29, 1.82) is 0 Å². The lowest BCUT2D eigenvalue weighted by Crippen LogP contribution is -2.30. The van der Waals surface area contributed by atoms with E-state index in [2.05, 4.69) is 19.2 Å². The number of ether oxygens (including phenoxy) is 1. The second kappa shape index (κ2) is 7.37. The molecule has 1 aromatic carbocycles. The van der Waals surface area contributed by atoms with Crippen LogP contribution in [0.15, 0.2) is 18.2 Å². The standard InChI is InChI=1S/C14H20N2O4/c1-9(2)5-6-16-13(17)8-20-10-3-4-12(15)11(7-10)14(18)19/h3-4,7,9H,5-6,8,15H2,1-2H3,(H,16,17)(H,18,19). The maximum Gasteiger partial charge on any atom is 0.337 e. The number of hydrogen-bond donors (Lipinski definition) is 3. The lowest BCUT2D eigenvalue weighted by Gasteiger charge is -2.09. The minimum absolute atomic E-state index is 0.0392. The van der Waals surface area contributed by atoms with Gasteiger partial charge in [-0.3, -0.25) is 4.79 Å². The number of nitrogens with one attached hydrogen (secondary N) is 1. The first kappa shape index (κ1) is 15.8. The van der Waals surface area contributed by atoms with Crippen LogP contribution in [0.2, 0.25) is 0 Å². The highest BCUT2D eigenvalue weighted by Gasteiger charge is 2.10. The molecule has 1 rings (SSSR count). The molecule has 0 heterocycles. The fourth-order valence-corrected chi connectivity index (χ4v) is 1.51. The van der Waals surface area contributed by atoms with Gasteiger partial charge in [0.15, 0.2) is 6.61 Å². The molecular weight excluding hydrogens is 260 g/mol. The second-order valence-corrected chi connectivity index (χ2v) is 4.88. The van der Waals surface area contributed by atoms with Crippen molar-refractivity contribution in [3.63, 3.8) is 0 Å². The maximum absolute atomic E-state index is 11.5. The molecule has 0 aliphatic carbocycles. The predicted molar refractivity (Wildman–Crippen MR) is 75.8 cm³/mol. The SMILES string of the molecule is CC(C)CCNC(=O)COc1ccc(N)c(C(=O)O)c1. The molecule has 0 saturated heterocycles. The van der Waals surface area contributed by atoms with Crippen LogP contribution in [-0.4, -0.2) is 30.1 Å². The maximum atomic E-state index is 11.5. The van der Waals surface area contributed by atoms with Gasteiger partial charge in [0.2, 0.25) is 0 Å². The number of nitrogens with two attached hydrogens (primary N) is 1. The van der Waals surface area contributed by atoms with Crippen LogP contribution >= 0.6 is 0 Å². The van der Waals surface area contributed by atoms with Crippen LogP contribution in [0.1, 0.15) is 30.6 Å². The van der Waals surface area contributed by atoms with Gasteiger partial charge in [0.1, 0.15) is 5.75 Å². The number of carboxylic acids is 1. The molecular formula is C14H20N2O4. The molecule has 0 saturated carbocycles. The van der Waals surface area contributed by atoms with Crippen LogP contribution in [0.4, 0.5) is 5.69 Å². The summed E-state index contributed by atoms with van der Waals surface area (Å²) in [6.45, 7) is 4.60. The number of carboxylic acid groups (broad SMARTS) is 1. The van der Waals surface area contributed by atoms with Gasteiger partial charge >= 0.3 is 5.97 Å². The third-order valence-corrected chi connectivity index (χ3v) is 2.67. The van der Waals surface area contributed by atoms with E-state index in [1.54, 1.807) is 0 Å². The molecule has 0 unspecified atom stereocenters. The molecule has 0 aliphatic heterocycles. The zero-order chi connectivity index (χ0) is 15.1. The Bertz CT molecular complexity index is 486. The number of aromatic carboxylic acids is 1. The largest absolute Gasteiger partial charge is 0.484 e. The van der Waals surface area contributed by atoms with E-state index in [1.807, 2.05) is 0 Å². The van der Waals surface area contributed by atoms with Crippen LogP contribution in [0.3, 0.4) is 0 Å². The van der Waals surface area contributed by atoms with Crippen molar-refractivity contribution < 1.29 is 19.4 Å². The van der Waals surface area contributed by atoms with Gasteiger partial charge in [-0.25, -0.2) is 4.79 Å². The summed E-state index contributed by atoms with van der Waals surface area (Å²) in [6.07, 6.45) is 0.900. The van der Waals surface area contributed by atoms with Gasteiger partial charge in [-0.1, -0.05) is 13.8 Å². The zero-order valence-corrected chi connectivity index (χ0v) is 11.7. The van der Waals surface area contributed by atoms with Crippen LogP contribution in [-0.2, 0) is 4.79 Å². The Balaban J connectivity index is 2.47. The molecule has 0 fully saturated rings. The third-order valence-electron chi connectivity index (χ3n) is 2.67. The van der Waals surface area contributed by atoms with Crippen LogP contribution in [0.25, 0.3) is 0 Å². The van der Waals surface area contributed by atoms with E-state index in [4.69, 9.17) is 15.6 Å². The van der Waals surface area contributed by atoms with Gasteiger partial charge < -0.3 is 20.9 Å². The topological polar surface area (TPSA) is 102 Å². The third kappa shape index (κ3) is 5.17. The second-order valence-electron chi connectivity index (χ2n) is 4.88. The summed E-state index contributed by atoms with van der Waals surface area (Å²) in [5.74, 6) is -0.546. The fourth-order valence-electron chi connectivity index (χ4n) is 1.51. The van der Waals surface area contributed by atoms with E-state index in [0.717, 1.165) is 6.42 Å². The van der Waals surface area contributed by atoms with Crippen LogP contribution in [0, 0.1) is 5.92 Å². The zero-order valence-electron chi connectivity index (χ0n) is 11.7. The van der Waals surface area contributed by atoms with Crippen molar-refractivity contribution in [2.24, 2.45) is 5.92 Å². The molecule has 1 amide bonds. The molecule has 0 radical (unpaired) electrons. The van der Waals surface area contributed by atoms with Crippen molar-refractivity contribution in [1.82, 2.24) is 5.32 Å². The lowest BCUT2D eigenvalue weighted by atomic mass is 10.1. The molecule has 1 aromatic rings. The Kier molecular flexibility index (Phi) is 5.83. The van der Waals surface area contributed by atoms with Gasteiger partial charge in [-0.05, 0) is 30.5 Å². The van der Waals surface area contributed by atoms with Crippen molar-refractivity contribution in [2.75, 3.05) is 18.9 Å². The highest BCUT2D eigenvalue weighted by molar-refractivity contribution is 5.94. The summed E-state index contributed by atoms with van der Waals surface area (Å²) in [5.41, 5.74) is 5.64. The van der Waals surface area contributed by atoms with Gasteiger partial charge in [0.05, 0.1) is 5.56 Å². The van der Waals surface area contributed by atoms with E-state index >= 15 is 0 Å². The summed E-state index contributed by atoms with van der Waals surface area (Å²) >= 11 is 0. The highest BCUT2D eigenvalue weighted by Crippen LogP contribution is 2.19. The summed E-state index contributed by atoms with van der Waals surface area (Å²) < 4.78 is 5.24. The Hall–Kier alpha value is -2.24. The van der Waals surface area contributed by atoms with E-state index in [-0.39, 0.29) is 23.8 Å². The minimum atomic E-state index is -1.13. The number of hydrogen-bond acceptors (Lipinski definition) is 4. The number of nitrogen functional groups attached to an aromatic ring is 1. The number of benzene rings is 1. The van der Waals surface area contributed by atoms with Gasteiger partial charge in [0.25, 0.3) is 5.91 Å². The molecule has 0 aliphatic rings. The number of amides is 1. The Morgan fingerprint density at radius 2 is 2.10 bits per heavy atom.